The molecule has 0 spiro atoms. The number of nitrogens with zero attached hydrogens (tertiary/aromatic N) is 2. The second-order valence-electron chi connectivity index (χ2n) is 2.76. The molecule has 0 unspecified atom stereocenters. The van der Waals surface area contributed by atoms with Crippen molar-refractivity contribution in [3.05, 3.63) is 42.4 Å². The largest absolute Gasteiger partial charge is 0.376 e. The quantitative estimate of drug-likeness (QED) is 0.676. The molecule has 0 aromatic carbocycles. The van der Waals surface area contributed by atoms with E-state index in [4.69, 9.17) is 0 Å². The van der Waals surface area contributed by atoms with E-state index in [0.29, 0.717) is 0 Å². The smallest absolute Gasteiger partial charge is 0.0435 e. The molecule has 64 valence electrons. The molecule has 0 saturated carbocycles. The van der Waals surface area contributed by atoms with Gasteiger partial charge in [-0.05, 0) is 24.8 Å². The Labute approximate surface area is 73.5 Å². The van der Waals surface area contributed by atoms with E-state index in [1.807, 2.05) is 38.5 Å². The first-order chi connectivity index (χ1) is 5.83. The van der Waals surface area contributed by atoms with Crippen molar-refractivity contribution in [1.29, 1.82) is 0 Å². The minimum absolute atomic E-state index is 0.915. The lowest BCUT2D eigenvalue weighted by molar-refractivity contribution is 0.449. The van der Waals surface area contributed by atoms with Crippen molar-refractivity contribution in [2.24, 2.45) is 0 Å². The first kappa shape index (κ1) is 8.78. The molecule has 1 rings (SSSR count). The molecule has 0 saturated heterocycles. The highest BCUT2D eigenvalue weighted by Gasteiger charge is 1.92. The highest BCUT2D eigenvalue weighted by atomic mass is 15.1. The van der Waals surface area contributed by atoms with E-state index < -0.39 is 0 Å². The molecule has 0 atom stereocenters. The Bertz CT molecular complexity index is 241. The molecule has 12 heavy (non-hydrogen) atoms. The molecule has 0 radical (unpaired) electrons. The minimum atomic E-state index is 0.915. The van der Waals surface area contributed by atoms with Crippen molar-refractivity contribution in [1.82, 2.24) is 9.88 Å². The van der Waals surface area contributed by atoms with Gasteiger partial charge >= 0.3 is 0 Å². The van der Waals surface area contributed by atoms with Crippen LogP contribution >= 0.6 is 0 Å². The van der Waals surface area contributed by atoms with Gasteiger partial charge in [0.25, 0.3) is 0 Å². The number of pyridine rings is 1. The Hall–Kier alpha value is -1.31. The minimum Gasteiger partial charge on any atom is -0.376 e. The van der Waals surface area contributed by atoms with Crippen molar-refractivity contribution in [2.45, 2.75) is 13.5 Å². The van der Waals surface area contributed by atoms with E-state index in [1.54, 1.807) is 6.20 Å². The zero-order valence-corrected chi connectivity index (χ0v) is 7.57. The van der Waals surface area contributed by atoms with E-state index in [9.17, 15) is 0 Å². The topological polar surface area (TPSA) is 16.1 Å². The fourth-order valence-electron chi connectivity index (χ4n) is 1.09. The lowest BCUT2D eigenvalue weighted by atomic mass is 10.3. The molecule has 0 N–H and O–H groups in total. The molecule has 2 nitrogen and oxygen atoms in total. The highest BCUT2D eigenvalue weighted by molar-refractivity contribution is 5.08. The summed E-state index contributed by atoms with van der Waals surface area (Å²) in [6.07, 6.45) is 7.75. The van der Waals surface area contributed by atoms with Gasteiger partial charge in [-0.15, -0.1) is 0 Å². The maximum Gasteiger partial charge on any atom is 0.0435 e. The molecule has 0 amide bonds. The Morgan fingerprint density at radius 1 is 1.58 bits per heavy atom. The van der Waals surface area contributed by atoms with E-state index >= 15 is 0 Å². The molecule has 0 aliphatic rings. The molecule has 2 heteroatoms. The summed E-state index contributed by atoms with van der Waals surface area (Å²) in [4.78, 5) is 6.17. The summed E-state index contributed by atoms with van der Waals surface area (Å²) in [5.41, 5.74) is 1.23. The van der Waals surface area contributed by atoms with E-state index in [1.165, 1.54) is 5.56 Å². The zero-order valence-electron chi connectivity index (χ0n) is 7.57. The van der Waals surface area contributed by atoms with Crippen LogP contribution in [0.2, 0.25) is 0 Å². The highest BCUT2D eigenvalue weighted by Crippen LogP contribution is 2.00. The maximum atomic E-state index is 4.05. The summed E-state index contributed by atoms with van der Waals surface area (Å²) in [5.74, 6) is 0. The van der Waals surface area contributed by atoms with Gasteiger partial charge in [0.15, 0.2) is 0 Å². The normalized spacial score (nSPS) is 10.5. The third-order valence-electron chi connectivity index (χ3n) is 1.56. The SMILES string of the molecule is C/C=C/N(C)Cc1cccnc1. The van der Waals surface area contributed by atoms with Crippen molar-refractivity contribution >= 4 is 0 Å². The Morgan fingerprint density at radius 3 is 3.00 bits per heavy atom. The second-order valence-corrected chi connectivity index (χ2v) is 2.76. The van der Waals surface area contributed by atoms with Crippen molar-refractivity contribution < 1.29 is 0 Å². The molecule has 0 aliphatic carbocycles. The Balaban J connectivity index is 2.52. The predicted octanol–water partition coefficient (Wildman–Crippen LogP) is 2.05. The summed E-state index contributed by atoms with van der Waals surface area (Å²) >= 11 is 0. The number of rotatable bonds is 3. The molecule has 1 aromatic rings. The standard InChI is InChI=1S/C10H14N2/c1-3-7-12(2)9-10-5-4-6-11-8-10/h3-8H,9H2,1-2H3/b7-3+. The van der Waals surface area contributed by atoms with E-state index in [2.05, 4.69) is 16.0 Å². The van der Waals surface area contributed by atoms with Crippen LogP contribution in [0.4, 0.5) is 0 Å². The summed E-state index contributed by atoms with van der Waals surface area (Å²) in [5, 5.41) is 0. The van der Waals surface area contributed by atoms with Crippen LogP contribution in [0.15, 0.2) is 36.8 Å². The van der Waals surface area contributed by atoms with Gasteiger partial charge in [-0.3, -0.25) is 4.98 Å². The molecule has 0 bridgehead atoms. The Kier molecular flexibility index (Phi) is 3.33. The number of hydrogen-bond acceptors (Lipinski definition) is 2. The van der Waals surface area contributed by atoms with Crippen LogP contribution < -0.4 is 0 Å². The van der Waals surface area contributed by atoms with Crippen LogP contribution in [-0.2, 0) is 6.54 Å². The van der Waals surface area contributed by atoms with Crippen LogP contribution in [0.25, 0.3) is 0 Å². The van der Waals surface area contributed by atoms with Crippen LogP contribution in [-0.4, -0.2) is 16.9 Å². The number of hydrogen-bond donors (Lipinski definition) is 0. The predicted molar refractivity (Wildman–Crippen MR) is 50.5 cm³/mol. The average Bonchev–Trinajstić information content (AvgIpc) is 2.06. The second kappa shape index (κ2) is 4.54. The molecular formula is C10H14N2. The molecule has 0 aliphatic heterocycles. The maximum absolute atomic E-state index is 4.05. The van der Waals surface area contributed by atoms with E-state index in [0.717, 1.165) is 6.54 Å². The van der Waals surface area contributed by atoms with Crippen LogP contribution in [0.1, 0.15) is 12.5 Å². The van der Waals surface area contributed by atoms with Gasteiger partial charge < -0.3 is 4.90 Å². The first-order valence-electron chi connectivity index (χ1n) is 4.05. The van der Waals surface area contributed by atoms with Crippen LogP contribution in [0.3, 0.4) is 0 Å². The van der Waals surface area contributed by atoms with Crippen LogP contribution in [0.5, 0.6) is 0 Å². The van der Waals surface area contributed by atoms with Gasteiger partial charge in [0.2, 0.25) is 0 Å². The number of aromatic nitrogens is 1. The lowest BCUT2D eigenvalue weighted by Gasteiger charge is -2.12. The first-order valence-corrected chi connectivity index (χ1v) is 4.05. The third-order valence-corrected chi connectivity index (χ3v) is 1.56. The summed E-state index contributed by atoms with van der Waals surface area (Å²) < 4.78 is 0. The van der Waals surface area contributed by atoms with Gasteiger partial charge in [0, 0.05) is 26.0 Å². The fourth-order valence-corrected chi connectivity index (χ4v) is 1.09. The summed E-state index contributed by atoms with van der Waals surface area (Å²) in [6.45, 7) is 2.93. The van der Waals surface area contributed by atoms with Gasteiger partial charge in [-0.25, -0.2) is 0 Å². The van der Waals surface area contributed by atoms with Gasteiger partial charge in [0.1, 0.15) is 0 Å². The molecule has 1 heterocycles. The monoisotopic (exact) mass is 162 g/mol. The van der Waals surface area contributed by atoms with Crippen molar-refractivity contribution in [2.75, 3.05) is 7.05 Å². The van der Waals surface area contributed by atoms with Gasteiger partial charge in [-0.1, -0.05) is 12.1 Å². The Morgan fingerprint density at radius 2 is 2.42 bits per heavy atom. The van der Waals surface area contributed by atoms with Gasteiger partial charge in [-0.2, -0.15) is 0 Å². The van der Waals surface area contributed by atoms with E-state index in [-0.39, 0.29) is 0 Å². The van der Waals surface area contributed by atoms with Crippen LogP contribution in [0, 0.1) is 0 Å². The lowest BCUT2D eigenvalue weighted by Crippen LogP contribution is -2.09. The average molecular weight is 162 g/mol. The van der Waals surface area contributed by atoms with Crippen molar-refractivity contribution in [3.8, 4) is 0 Å². The molecule has 0 fully saturated rings. The zero-order chi connectivity index (χ0) is 8.81. The fraction of sp³-hybridized carbons (Fsp3) is 0.300. The van der Waals surface area contributed by atoms with Gasteiger partial charge in [0.05, 0.1) is 0 Å². The summed E-state index contributed by atoms with van der Waals surface area (Å²) in [7, 11) is 2.05. The summed E-state index contributed by atoms with van der Waals surface area (Å²) in [6, 6.07) is 4.03. The molecule has 1 aromatic heterocycles. The third kappa shape index (κ3) is 2.74. The number of allylic oxidation sites excluding steroid dienone is 1. The molecular weight excluding hydrogens is 148 g/mol. The van der Waals surface area contributed by atoms with Crippen molar-refractivity contribution in [3.63, 3.8) is 0 Å².